The van der Waals surface area contributed by atoms with Gasteiger partial charge in [-0.05, 0) is 18.6 Å². The second-order valence-corrected chi connectivity index (χ2v) is 12.8. The first-order chi connectivity index (χ1) is 27.3. The van der Waals surface area contributed by atoms with Gasteiger partial charge in [0.05, 0.1) is 144 Å². The average molecular weight is 789 g/mol. The van der Waals surface area contributed by atoms with Crippen LogP contribution in [0.15, 0.2) is 30.3 Å². The first kappa shape index (κ1) is 51.3. The summed E-state index contributed by atoms with van der Waals surface area (Å²) in [5.74, 6) is -0.355. The molecule has 0 aromatic heterocycles. The Bertz CT molecular complexity index is 880. The van der Waals surface area contributed by atoms with Crippen molar-refractivity contribution >= 4 is 5.97 Å². The van der Waals surface area contributed by atoms with Crippen molar-refractivity contribution in [3.8, 4) is 0 Å². The fraction of sp³-hybridized carbons (Fsp3) is 0.833. The van der Waals surface area contributed by atoms with Crippen LogP contribution in [0.1, 0.15) is 87.9 Å². The minimum atomic E-state index is -0.355. The van der Waals surface area contributed by atoms with E-state index in [2.05, 4.69) is 6.92 Å². The van der Waals surface area contributed by atoms with Gasteiger partial charge in [0, 0.05) is 6.61 Å². The zero-order chi connectivity index (χ0) is 39.2. The third-order valence-corrected chi connectivity index (χ3v) is 8.08. The van der Waals surface area contributed by atoms with Crippen molar-refractivity contribution in [1.82, 2.24) is 0 Å². The number of rotatable bonds is 46. The summed E-state index contributed by atoms with van der Waals surface area (Å²) in [5, 5.41) is 0. The summed E-state index contributed by atoms with van der Waals surface area (Å²) in [7, 11) is 0. The van der Waals surface area contributed by atoms with E-state index in [0.29, 0.717) is 144 Å². The Balaban J connectivity index is 1.61. The highest BCUT2D eigenvalue weighted by Gasteiger charge is 2.05. The molecule has 13 nitrogen and oxygen atoms in total. The smallest absolute Gasteiger partial charge is 0.338 e. The lowest BCUT2D eigenvalue weighted by Crippen LogP contribution is -2.15. The number of unbranched alkanes of at least 4 members (excludes halogenated alkanes) is 10. The van der Waals surface area contributed by atoms with Crippen LogP contribution in [0.25, 0.3) is 0 Å². The molecule has 0 saturated heterocycles. The molecule has 55 heavy (non-hydrogen) atoms. The quantitative estimate of drug-likeness (QED) is 0.0540. The van der Waals surface area contributed by atoms with Crippen molar-refractivity contribution < 1.29 is 61.6 Å². The summed E-state index contributed by atoms with van der Waals surface area (Å²) in [4.78, 5) is 11.8. The van der Waals surface area contributed by atoms with Crippen molar-refractivity contribution in [2.45, 2.75) is 77.6 Å². The maximum atomic E-state index is 11.8. The van der Waals surface area contributed by atoms with Gasteiger partial charge in [0.15, 0.2) is 0 Å². The first-order valence-electron chi connectivity index (χ1n) is 20.9. The van der Waals surface area contributed by atoms with Gasteiger partial charge in [-0.1, -0.05) is 89.3 Å². The topological polar surface area (TPSA) is 128 Å². The molecule has 0 saturated carbocycles. The minimum absolute atomic E-state index is 0.203. The molecule has 1 rings (SSSR count). The molecular formula is C42H76O13. The SMILES string of the molecule is CCCCCCCCCCCCCOCCOCCOCCOCCOCCOCCOCCOCCOCCOCCOCCOC(=O)c1ccccc1. The molecule has 0 aliphatic carbocycles. The van der Waals surface area contributed by atoms with Gasteiger partial charge in [-0.15, -0.1) is 0 Å². The van der Waals surface area contributed by atoms with Crippen LogP contribution >= 0.6 is 0 Å². The minimum Gasteiger partial charge on any atom is -0.460 e. The first-order valence-corrected chi connectivity index (χ1v) is 20.9. The number of carbonyl (C=O) groups is 1. The van der Waals surface area contributed by atoms with Gasteiger partial charge in [-0.3, -0.25) is 0 Å². The summed E-state index contributed by atoms with van der Waals surface area (Å²) in [5.41, 5.74) is 0.527. The molecule has 0 heterocycles. The maximum absolute atomic E-state index is 11.8. The van der Waals surface area contributed by atoms with Crippen molar-refractivity contribution in [2.24, 2.45) is 0 Å². The Morgan fingerprint density at radius 1 is 0.327 bits per heavy atom. The molecule has 0 fully saturated rings. The third-order valence-electron chi connectivity index (χ3n) is 8.08. The molecule has 1 aromatic carbocycles. The van der Waals surface area contributed by atoms with Crippen LogP contribution in [0.5, 0.6) is 0 Å². The Hall–Kier alpha value is -1.75. The van der Waals surface area contributed by atoms with Crippen LogP contribution < -0.4 is 0 Å². The van der Waals surface area contributed by atoms with Crippen LogP contribution in [-0.2, 0) is 56.8 Å². The van der Waals surface area contributed by atoms with Gasteiger partial charge in [0.1, 0.15) is 6.61 Å². The van der Waals surface area contributed by atoms with Crippen LogP contribution in [-0.4, -0.2) is 158 Å². The number of ether oxygens (including phenoxy) is 12. The predicted octanol–water partition coefficient (Wildman–Crippen LogP) is 6.34. The Labute approximate surface area is 332 Å². The number of hydrogen-bond acceptors (Lipinski definition) is 13. The third kappa shape index (κ3) is 40.3. The Kier molecular flexibility index (Phi) is 41.9. The maximum Gasteiger partial charge on any atom is 0.338 e. The molecule has 0 N–H and O–H groups in total. The summed E-state index contributed by atoms with van der Waals surface area (Å²) < 4.78 is 65.8. The highest BCUT2D eigenvalue weighted by Crippen LogP contribution is 2.11. The molecule has 0 radical (unpaired) electrons. The van der Waals surface area contributed by atoms with E-state index in [1.807, 2.05) is 6.07 Å². The normalized spacial score (nSPS) is 11.4. The van der Waals surface area contributed by atoms with Gasteiger partial charge in [0.2, 0.25) is 0 Å². The van der Waals surface area contributed by atoms with Crippen molar-refractivity contribution in [3.05, 3.63) is 35.9 Å². The average Bonchev–Trinajstić information content (AvgIpc) is 3.21. The van der Waals surface area contributed by atoms with E-state index in [1.165, 1.54) is 64.2 Å². The molecule has 0 atom stereocenters. The van der Waals surface area contributed by atoms with E-state index in [-0.39, 0.29) is 12.6 Å². The second kappa shape index (κ2) is 45.0. The largest absolute Gasteiger partial charge is 0.460 e. The van der Waals surface area contributed by atoms with Crippen LogP contribution in [0.4, 0.5) is 0 Å². The Morgan fingerprint density at radius 3 is 0.891 bits per heavy atom. The molecule has 0 spiro atoms. The van der Waals surface area contributed by atoms with Gasteiger partial charge in [0.25, 0.3) is 0 Å². The van der Waals surface area contributed by atoms with E-state index in [9.17, 15) is 4.79 Å². The summed E-state index contributed by atoms with van der Waals surface area (Å²) in [6.07, 6.45) is 14.8. The molecule has 13 heteroatoms. The predicted molar refractivity (Wildman–Crippen MR) is 212 cm³/mol. The van der Waals surface area contributed by atoms with Gasteiger partial charge in [-0.2, -0.15) is 0 Å². The van der Waals surface area contributed by atoms with Gasteiger partial charge in [-0.25, -0.2) is 4.79 Å². The fourth-order valence-corrected chi connectivity index (χ4v) is 5.02. The summed E-state index contributed by atoms with van der Waals surface area (Å²) in [6, 6.07) is 8.87. The van der Waals surface area contributed by atoms with Crippen LogP contribution in [0, 0.1) is 0 Å². The number of benzene rings is 1. The molecule has 0 bridgehead atoms. The number of hydrogen-bond donors (Lipinski definition) is 0. The molecule has 0 aliphatic rings. The van der Waals surface area contributed by atoms with E-state index < -0.39 is 0 Å². The highest BCUT2D eigenvalue weighted by molar-refractivity contribution is 5.89. The molecule has 0 aliphatic heterocycles. The molecule has 1 aromatic rings. The molecule has 0 unspecified atom stereocenters. The van der Waals surface area contributed by atoms with E-state index >= 15 is 0 Å². The highest BCUT2D eigenvalue weighted by atomic mass is 16.6. The van der Waals surface area contributed by atoms with Crippen molar-refractivity contribution in [3.63, 3.8) is 0 Å². The second-order valence-electron chi connectivity index (χ2n) is 12.8. The standard InChI is InChI=1S/C42H76O13/c1-2-3-4-5-6-7-8-9-10-11-15-18-44-19-20-45-21-22-46-23-24-47-25-26-48-27-28-49-29-30-50-31-32-51-33-34-52-35-36-53-37-38-54-39-40-55-42(43)41-16-13-12-14-17-41/h12-14,16-17H,2-11,15,18-40H2,1H3. The summed E-state index contributed by atoms with van der Waals surface area (Å²) in [6.45, 7) is 13.9. The van der Waals surface area contributed by atoms with Crippen LogP contribution in [0.2, 0.25) is 0 Å². The van der Waals surface area contributed by atoms with Crippen LogP contribution in [0.3, 0.4) is 0 Å². The monoisotopic (exact) mass is 789 g/mol. The Morgan fingerprint density at radius 2 is 0.582 bits per heavy atom. The van der Waals surface area contributed by atoms with E-state index in [0.717, 1.165) is 13.0 Å². The van der Waals surface area contributed by atoms with Crippen molar-refractivity contribution in [2.75, 3.05) is 152 Å². The number of esters is 1. The molecule has 322 valence electrons. The lowest BCUT2D eigenvalue weighted by atomic mass is 10.1. The summed E-state index contributed by atoms with van der Waals surface area (Å²) >= 11 is 0. The lowest BCUT2D eigenvalue weighted by molar-refractivity contribution is -0.0280. The fourth-order valence-electron chi connectivity index (χ4n) is 5.02. The number of carbonyl (C=O) groups excluding carboxylic acids is 1. The lowest BCUT2D eigenvalue weighted by Gasteiger charge is -2.09. The van der Waals surface area contributed by atoms with E-state index in [4.69, 9.17) is 56.8 Å². The zero-order valence-corrected chi connectivity index (χ0v) is 34.2. The molecule has 0 amide bonds. The van der Waals surface area contributed by atoms with Crippen molar-refractivity contribution in [1.29, 1.82) is 0 Å². The van der Waals surface area contributed by atoms with Gasteiger partial charge >= 0.3 is 5.97 Å². The van der Waals surface area contributed by atoms with Gasteiger partial charge < -0.3 is 56.8 Å². The zero-order valence-electron chi connectivity index (χ0n) is 34.2. The van der Waals surface area contributed by atoms with E-state index in [1.54, 1.807) is 24.3 Å². The molecular weight excluding hydrogens is 712 g/mol.